The molecule has 0 unspecified atom stereocenters. The number of primary amides is 1. The second-order valence-electron chi connectivity index (χ2n) is 4.95. The van der Waals surface area contributed by atoms with Crippen LogP contribution in [0.4, 0.5) is 5.69 Å². The van der Waals surface area contributed by atoms with Crippen molar-refractivity contribution < 1.29 is 14.0 Å². The van der Waals surface area contributed by atoms with Crippen molar-refractivity contribution in [3.8, 4) is 0 Å². The lowest BCUT2D eigenvalue weighted by Gasteiger charge is -2.10. The van der Waals surface area contributed by atoms with Gasteiger partial charge in [-0.05, 0) is 37.6 Å². The number of nitrogens with two attached hydrogens (primary N) is 1. The van der Waals surface area contributed by atoms with Crippen molar-refractivity contribution in [2.75, 3.05) is 11.9 Å². The Morgan fingerprint density at radius 3 is 2.90 bits per heavy atom. The number of carbonyl (C=O) groups is 2. The van der Waals surface area contributed by atoms with E-state index in [9.17, 15) is 9.59 Å². The first kappa shape index (κ1) is 13.9. The summed E-state index contributed by atoms with van der Waals surface area (Å²) in [5.74, 6) is -1.02. The van der Waals surface area contributed by atoms with E-state index in [0.29, 0.717) is 16.0 Å². The van der Waals surface area contributed by atoms with E-state index in [2.05, 4.69) is 10.6 Å². The molecule has 3 rings (SSSR count). The number of halogens is 1. The molecule has 1 aliphatic rings. The minimum absolute atomic E-state index is 0.0707. The van der Waals surface area contributed by atoms with E-state index in [1.807, 2.05) is 0 Å². The summed E-state index contributed by atoms with van der Waals surface area (Å²) in [6, 6.07) is 4.63. The molecule has 1 aromatic carbocycles. The highest BCUT2D eigenvalue weighted by Crippen LogP contribution is 2.33. The van der Waals surface area contributed by atoms with Crippen molar-refractivity contribution in [1.82, 2.24) is 5.32 Å². The van der Waals surface area contributed by atoms with Crippen molar-refractivity contribution in [1.29, 1.82) is 0 Å². The third kappa shape index (κ3) is 2.59. The molecule has 2 aromatic rings. The maximum absolute atomic E-state index is 12.2. The molecule has 0 radical (unpaired) electrons. The van der Waals surface area contributed by atoms with Crippen molar-refractivity contribution in [3.63, 3.8) is 0 Å². The third-order valence-corrected chi connectivity index (χ3v) is 3.73. The predicted octanol–water partition coefficient (Wildman–Crippen LogP) is 1.88. The number of rotatable bonds is 3. The van der Waals surface area contributed by atoms with E-state index in [4.69, 9.17) is 21.8 Å². The van der Waals surface area contributed by atoms with Crippen LogP contribution in [0.2, 0.25) is 5.02 Å². The van der Waals surface area contributed by atoms with Gasteiger partial charge >= 0.3 is 0 Å². The van der Waals surface area contributed by atoms with Crippen LogP contribution in [0.1, 0.15) is 23.4 Å². The lowest BCUT2D eigenvalue weighted by molar-refractivity contribution is -0.117. The van der Waals surface area contributed by atoms with E-state index in [0.717, 1.165) is 19.4 Å². The SMILES string of the molecule is NC(=O)c1oc2ccc(Cl)cc2c1NC(=O)[C@@H]1CCCN1. The van der Waals surface area contributed by atoms with Crippen LogP contribution < -0.4 is 16.4 Å². The number of anilines is 1. The summed E-state index contributed by atoms with van der Waals surface area (Å²) in [5, 5.41) is 6.86. The Morgan fingerprint density at radius 2 is 2.24 bits per heavy atom. The Morgan fingerprint density at radius 1 is 1.43 bits per heavy atom. The van der Waals surface area contributed by atoms with E-state index in [1.165, 1.54) is 0 Å². The number of amides is 2. The normalized spacial score (nSPS) is 18.0. The lowest BCUT2D eigenvalue weighted by atomic mass is 10.2. The van der Waals surface area contributed by atoms with Gasteiger partial charge in [0.1, 0.15) is 11.3 Å². The van der Waals surface area contributed by atoms with Crippen LogP contribution in [0.15, 0.2) is 22.6 Å². The molecule has 2 amide bonds. The van der Waals surface area contributed by atoms with Crippen molar-refractivity contribution in [3.05, 3.63) is 29.0 Å². The van der Waals surface area contributed by atoms with E-state index < -0.39 is 5.91 Å². The van der Waals surface area contributed by atoms with Gasteiger partial charge in [0, 0.05) is 10.4 Å². The van der Waals surface area contributed by atoms with Crippen LogP contribution in [-0.4, -0.2) is 24.4 Å². The summed E-state index contributed by atoms with van der Waals surface area (Å²) in [6.45, 7) is 0.804. The second kappa shape index (κ2) is 5.38. The average molecular weight is 308 g/mol. The molecule has 2 heterocycles. The fourth-order valence-corrected chi connectivity index (χ4v) is 2.66. The Balaban J connectivity index is 2.02. The smallest absolute Gasteiger partial charge is 0.286 e. The molecule has 1 aliphatic heterocycles. The quantitative estimate of drug-likeness (QED) is 0.806. The highest BCUT2D eigenvalue weighted by Gasteiger charge is 2.26. The highest BCUT2D eigenvalue weighted by molar-refractivity contribution is 6.31. The van der Waals surface area contributed by atoms with Gasteiger partial charge in [-0.25, -0.2) is 0 Å². The van der Waals surface area contributed by atoms with Gasteiger partial charge < -0.3 is 20.8 Å². The zero-order valence-electron chi connectivity index (χ0n) is 11.1. The lowest BCUT2D eigenvalue weighted by Crippen LogP contribution is -2.35. The Kier molecular flexibility index (Phi) is 3.57. The first-order chi connectivity index (χ1) is 10.1. The van der Waals surface area contributed by atoms with Crippen LogP contribution in [0.5, 0.6) is 0 Å². The van der Waals surface area contributed by atoms with Crippen molar-refractivity contribution in [2.45, 2.75) is 18.9 Å². The number of furan rings is 1. The first-order valence-corrected chi connectivity index (χ1v) is 7.00. The topological polar surface area (TPSA) is 97.4 Å². The molecule has 21 heavy (non-hydrogen) atoms. The number of carbonyl (C=O) groups excluding carboxylic acids is 2. The van der Waals surface area contributed by atoms with Gasteiger partial charge in [0.2, 0.25) is 11.7 Å². The minimum Gasteiger partial charge on any atom is -0.449 e. The average Bonchev–Trinajstić information content (AvgIpc) is 3.07. The molecule has 0 spiro atoms. The van der Waals surface area contributed by atoms with Gasteiger partial charge in [-0.3, -0.25) is 9.59 Å². The molecule has 1 fully saturated rings. The molecule has 110 valence electrons. The van der Waals surface area contributed by atoms with Gasteiger partial charge in [-0.15, -0.1) is 0 Å². The van der Waals surface area contributed by atoms with Crippen LogP contribution in [0.3, 0.4) is 0 Å². The zero-order valence-corrected chi connectivity index (χ0v) is 11.9. The third-order valence-electron chi connectivity index (χ3n) is 3.50. The standard InChI is InChI=1S/C14H14ClN3O3/c15-7-3-4-10-8(6-7)11(12(21-10)13(16)19)18-14(20)9-2-1-5-17-9/h3-4,6,9,17H,1-2,5H2,(H2,16,19)(H,18,20)/t9-/m0/s1. The van der Waals surface area contributed by atoms with Crippen molar-refractivity contribution in [2.24, 2.45) is 5.73 Å². The van der Waals surface area contributed by atoms with E-state index >= 15 is 0 Å². The van der Waals surface area contributed by atoms with Crippen LogP contribution in [0.25, 0.3) is 11.0 Å². The highest BCUT2D eigenvalue weighted by atomic mass is 35.5. The predicted molar refractivity (Wildman–Crippen MR) is 79.4 cm³/mol. The second-order valence-corrected chi connectivity index (χ2v) is 5.39. The number of hydrogen-bond acceptors (Lipinski definition) is 4. The van der Waals surface area contributed by atoms with Gasteiger partial charge in [0.15, 0.2) is 0 Å². The zero-order chi connectivity index (χ0) is 15.0. The summed E-state index contributed by atoms with van der Waals surface area (Å²) in [6.07, 6.45) is 1.70. The number of hydrogen-bond donors (Lipinski definition) is 3. The van der Waals surface area contributed by atoms with Gasteiger partial charge in [0.05, 0.1) is 6.04 Å². The molecule has 1 saturated heterocycles. The fourth-order valence-electron chi connectivity index (χ4n) is 2.49. The molecule has 1 atom stereocenters. The maximum Gasteiger partial charge on any atom is 0.286 e. The number of benzene rings is 1. The van der Waals surface area contributed by atoms with Crippen LogP contribution in [-0.2, 0) is 4.79 Å². The summed E-state index contributed by atoms with van der Waals surface area (Å²) >= 11 is 5.96. The number of fused-ring (bicyclic) bond motifs is 1. The number of nitrogens with one attached hydrogen (secondary N) is 2. The summed E-state index contributed by atoms with van der Waals surface area (Å²) in [7, 11) is 0. The summed E-state index contributed by atoms with van der Waals surface area (Å²) in [4.78, 5) is 23.7. The molecule has 4 N–H and O–H groups in total. The Hall–Kier alpha value is -2.05. The van der Waals surface area contributed by atoms with E-state index in [-0.39, 0.29) is 23.4 Å². The Labute approximate surface area is 125 Å². The van der Waals surface area contributed by atoms with E-state index in [1.54, 1.807) is 18.2 Å². The molecule has 0 bridgehead atoms. The molecule has 1 aromatic heterocycles. The Bertz CT molecular complexity index is 720. The molecule has 6 nitrogen and oxygen atoms in total. The first-order valence-electron chi connectivity index (χ1n) is 6.62. The van der Waals surface area contributed by atoms with Gasteiger partial charge in [-0.1, -0.05) is 11.6 Å². The minimum atomic E-state index is -0.739. The van der Waals surface area contributed by atoms with Crippen LogP contribution >= 0.6 is 11.6 Å². The van der Waals surface area contributed by atoms with Crippen molar-refractivity contribution >= 4 is 40.1 Å². The maximum atomic E-state index is 12.2. The molecule has 7 heteroatoms. The van der Waals surface area contributed by atoms with Gasteiger partial charge in [0.25, 0.3) is 5.91 Å². The summed E-state index contributed by atoms with van der Waals surface area (Å²) in [5.41, 5.74) is 6.04. The fraction of sp³-hybridized carbons (Fsp3) is 0.286. The summed E-state index contributed by atoms with van der Waals surface area (Å²) < 4.78 is 5.41. The molecular formula is C14H14ClN3O3. The molecule has 0 aliphatic carbocycles. The van der Waals surface area contributed by atoms with Gasteiger partial charge in [-0.2, -0.15) is 0 Å². The largest absolute Gasteiger partial charge is 0.449 e. The van der Waals surface area contributed by atoms with Crippen LogP contribution in [0, 0.1) is 0 Å². The monoisotopic (exact) mass is 307 g/mol. The molecular weight excluding hydrogens is 294 g/mol. The molecule has 0 saturated carbocycles.